The highest BCUT2D eigenvalue weighted by atomic mass is 16.5. The lowest BCUT2D eigenvalue weighted by molar-refractivity contribution is 0.195. The number of hydrogen-bond donors (Lipinski definition) is 2. The van der Waals surface area contributed by atoms with Crippen molar-refractivity contribution in [1.29, 1.82) is 0 Å². The predicted molar refractivity (Wildman–Crippen MR) is 68.5 cm³/mol. The summed E-state index contributed by atoms with van der Waals surface area (Å²) in [5.74, 6) is 1.96. The highest BCUT2D eigenvalue weighted by Crippen LogP contribution is 2.22. The lowest BCUT2D eigenvalue weighted by Crippen LogP contribution is -2.36. The van der Waals surface area contributed by atoms with Crippen LogP contribution in [0.15, 0.2) is 39.4 Å². The number of furan rings is 2. The Morgan fingerprint density at radius 2 is 2.16 bits per heavy atom. The van der Waals surface area contributed by atoms with Crippen LogP contribution in [0.4, 0.5) is 4.79 Å². The molecular formula is C13H16N2O4. The summed E-state index contributed by atoms with van der Waals surface area (Å²) in [6.45, 7) is 1.27. The summed E-state index contributed by atoms with van der Waals surface area (Å²) in [7, 11) is 1.58. The number of amides is 2. The van der Waals surface area contributed by atoms with Crippen molar-refractivity contribution in [2.45, 2.75) is 6.54 Å². The molecule has 0 atom stereocenters. The number of methoxy groups -OCH3 is 1. The molecule has 0 fully saturated rings. The summed E-state index contributed by atoms with van der Waals surface area (Å²) < 4.78 is 15.6. The number of carbonyl (C=O) groups is 1. The smallest absolute Gasteiger partial charge is 0.315 e. The van der Waals surface area contributed by atoms with Crippen LogP contribution in [0, 0.1) is 0 Å². The Kier molecular flexibility index (Phi) is 4.63. The first kappa shape index (κ1) is 13.2. The summed E-state index contributed by atoms with van der Waals surface area (Å²) in [5.41, 5.74) is 0. The third-order valence-corrected chi connectivity index (χ3v) is 2.44. The zero-order valence-corrected chi connectivity index (χ0v) is 10.6. The predicted octanol–water partition coefficient (Wildman–Crippen LogP) is 1.99. The molecule has 0 aliphatic carbocycles. The van der Waals surface area contributed by atoms with Crippen LogP contribution in [0.1, 0.15) is 5.76 Å². The van der Waals surface area contributed by atoms with Gasteiger partial charge in [0.2, 0.25) is 0 Å². The van der Waals surface area contributed by atoms with Crippen molar-refractivity contribution in [1.82, 2.24) is 10.6 Å². The van der Waals surface area contributed by atoms with Crippen molar-refractivity contribution in [3.8, 4) is 11.5 Å². The minimum absolute atomic E-state index is 0.256. The molecule has 6 heteroatoms. The number of hydrogen-bond acceptors (Lipinski definition) is 4. The van der Waals surface area contributed by atoms with Crippen LogP contribution < -0.4 is 10.6 Å². The molecule has 102 valence electrons. The first-order valence-electron chi connectivity index (χ1n) is 5.93. The Hall–Kier alpha value is -2.21. The van der Waals surface area contributed by atoms with E-state index in [-0.39, 0.29) is 6.03 Å². The first-order chi connectivity index (χ1) is 9.29. The van der Waals surface area contributed by atoms with E-state index in [1.165, 1.54) is 0 Å². The van der Waals surface area contributed by atoms with Crippen molar-refractivity contribution >= 4 is 6.03 Å². The van der Waals surface area contributed by atoms with Gasteiger partial charge in [0.15, 0.2) is 11.5 Å². The fraction of sp³-hybridized carbons (Fsp3) is 0.308. The van der Waals surface area contributed by atoms with E-state index < -0.39 is 0 Å². The SMILES string of the molecule is COCCNC(=O)NCc1ccc(-c2ccco2)o1. The molecule has 19 heavy (non-hydrogen) atoms. The van der Waals surface area contributed by atoms with Crippen LogP contribution in [0.3, 0.4) is 0 Å². The Labute approximate surface area is 110 Å². The van der Waals surface area contributed by atoms with E-state index in [0.717, 1.165) is 0 Å². The van der Waals surface area contributed by atoms with Gasteiger partial charge in [-0.05, 0) is 24.3 Å². The van der Waals surface area contributed by atoms with Gasteiger partial charge in [-0.25, -0.2) is 4.79 Å². The maximum atomic E-state index is 11.4. The molecule has 0 aliphatic rings. The second-order valence-electron chi connectivity index (χ2n) is 3.85. The normalized spacial score (nSPS) is 10.4. The minimum Gasteiger partial charge on any atom is -0.461 e. The monoisotopic (exact) mass is 264 g/mol. The van der Waals surface area contributed by atoms with Crippen molar-refractivity contribution in [2.75, 3.05) is 20.3 Å². The quantitative estimate of drug-likeness (QED) is 0.782. The second-order valence-corrected chi connectivity index (χ2v) is 3.85. The fourth-order valence-electron chi connectivity index (χ4n) is 1.52. The van der Waals surface area contributed by atoms with E-state index in [4.69, 9.17) is 13.6 Å². The summed E-state index contributed by atoms with van der Waals surface area (Å²) in [6, 6.07) is 6.95. The van der Waals surface area contributed by atoms with Gasteiger partial charge in [-0.2, -0.15) is 0 Å². The number of ether oxygens (including phenoxy) is 1. The molecule has 0 unspecified atom stereocenters. The van der Waals surface area contributed by atoms with Gasteiger partial charge in [-0.15, -0.1) is 0 Å². The van der Waals surface area contributed by atoms with E-state index in [9.17, 15) is 4.79 Å². The molecule has 2 amide bonds. The molecule has 2 heterocycles. The number of nitrogens with one attached hydrogen (secondary N) is 2. The van der Waals surface area contributed by atoms with Gasteiger partial charge in [0.05, 0.1) is 19.4 Å². The number of rotatable bonds is 6. The zero-order valence-electron chi connectivity index (χ0n) is 10.6. The van der Waals surface area contributed by atoms with Crippen LogP contribution in [0.5, 0.6) is 0 Å². The van der Waals surface area contributed by atoms with Crippen LogP contribution in [-0.2, 0) is 11.3 Å². The molecule has 6 nitrogen and oxygen atoms in total. The van der Waals surface area contributed by atoms with E-state index in [1.807, 2.05) is 6.07 Å². The average Bonchev–Trinajstić information content (AvgIpc) is 3.07. The van der Waals surface area contributed by atoms with E-state index in [0.29, 0.717) is 37.0 Å². The molecule has 2 aromatic rings. The molecule has 0 saturated heterocycles. The van der Waals surface area contributed by atoms with Gasteiger partial charge in [0, 0.05) is 13.7 Å². The van der Waals surface area contributed by atoms with Crippen LogP contribution in [0.25, 0.3) is 11.5 Å². The fourth-order valence-corrected chi connectivity index (χ4v) is 1.52. The summed E-state index contributed by atoms with van der Waals surface area (Å²) >= 11 is 0. The largest absolute Gasteiger partial charge is 0.461 e. The zero-order chi connectivity index (χ0) is 13.5. The molecule has 0 aliphatic heterocycles. The first-order valence-corrected chi connectivity index (χ1v) is 5.93. The molecule has 2 N–H and O–H groups in total. The Morgan fingerprint density at radius 3 is 2.89 bits per heavy atom. The average molecular weight is 264 g/mol. The van der Waals surface area contributed by atoms with Gasteiger partial charge in [-0.3, -0.25) is 0 Å². The third-order valence-electron chi connectivity index (χ3n) is 2.44. The standard InChI is InChI=1S/C13H16N2O4/c1-17-8-6-14-13(16)15-9-10-4-5-12(19-10)11-3-2-7-18-11/h2-5,7H,6,8-9H2,1H3,(H2,14,15,16). The maximum Gasteiger partial charge on any atom is 0.315 e. The van der Waals surface area contributed by atoms with Crippen molar-refractivity contribution in [2.24, 2.45) is 0 Å². The summed E-state index contributed by atoms with van der Waals surface area (Å²) in [4.78, 5) is 11.4. The summed E-state index contributed by atoms with van der Waals surface area (Å²) in [5, 5.41) is 5.34. The van der Waals surface area contributed by atoms with Crippen molar-refractivity contribution in [3.05, 3.63) is 36.3 Å². The highest BCUT2D eigenvalue weighted by molar-refractivity contribution is 5.73. The Balaban J connectivity index is 1.79. The maximum absolute atomic E-state index is 11.4. The lowest BCUT2D eigenvalue weighted by Gasteiger charge is -2.05. The van der Waals surface area contributed by atoms with Crippen LogP contribution in [0.2, 0.25) is 0 Å². The molecule has 2 rings (SSSR count). The molecule has 0 saturated carbocycles. The number of carbonyl (C=O) groups excluding carboxylic acids is 1. The van der Waals surface area contributed by atoms with Gasteiger partial charge in [0.1, 0.15) is 5.76 Å². The molecule has 0 bridgehead atoms. The molecule has 0 radical (unpaired) electrons. The molecular weight excluding hydrogens is 248 g/mol. The van der Waals surface area contributed by atoms with Crippen LogP contribution >= 0.6 is 0 Å². The minimum atomic E-state index is -0.256. The molecule has 2 aromatic heterocycles. The topological polar surface area (TPSA) is 76.6 Å². The van der Waals surface area contributed by atoms with Crippen molar-refractivity contribution < 1.29 is 18.4 Å². The van der Waals surface area contributed by atoms with Crippen molar-refractivity contribution in [3.63, 3.8) is 0 Å². The molecule has 0 aromatic carbocycles. The highest BCUT2D eigenvalue weighted by Gasteiger charge is 2.07. The van der Waals surface area contributed by atoms with Gasteiger partial charge in [0.25, 0.3) is 0 Å². The van der Waals surface area contributed by atoms with Crippen LogP contribution in [-0.4, -0.2) is 26.3 Å². The summed E-state index contributed by atoms with van der Waals surface area (Å²) in [6.07, 6.45) is 1.58. The van der Waals surface area contributed by atoms with E-state index in [1.54, 1.807) is 31.6 Å². The Bertz CT molecular complexity index is 504. The Morgan fingerprint density at radius 1 is 1.26 bits per heavy atom. The van der Waals surface area contributed by atoms with E-state index in [2.05, 4.69) is 10.6 Å². The molecule has 0 spiro atoms. The number of urea groups is 1. The second kappa shape index (κ2) is 6.65. The third kappa shape index (κ3) is 3.89. The van der Waals surface area contributed by atoms with E-state index >= 15 is 0 Å². The van der Waals surface area contributed by atoms with Gasteiger partial charge < -0.3 is 24.2 Å². The van der Waals surface area contributed by atoms with Gasteiger partial charge in [-0.1, -0.05) is 0 Å². The van der Waals surface area contributed by atoms with Gasteiger partial charge >= 0.3 is 6.03 Å². The lowest BCUT2D eigenvalue weighted by atomic mass is 10.3.